The molecule has 0 radical (unpaired) electrons. The zero-order chi connectivity index (χ0) is 28.3. The molecular weight excluding hydrogens is 526 g/mol. The maximum atomic E-state index is 13.4. The Bertz CT molecular complexity index is 1160. The maximum absolute atomic E-state index is 13.4. The maximum Gasteiger partial charge on any atom is 0.329 e. The molecule has 2 rings (SSSR count). The fraction of sp³-hybridized carbons (Fsp3) is 0.556. The third kappa shape index (κ3) is 10.5. The average Bonchev–Trinajstić information content (AvgIpc) is 2.88. The van der Waals surface area contributed by atoms with E-state index in [1.807, 2.05) is 56.3 Å². The molecule has 0 saturated heterocycles. The molecule has 0 spiro atoms. The number of nitrogens with one attached hydrogen (secondary N) is 1. The second-order valence-corrected chi connectivity index (χ2v) is 12.4. The van der Waals surface area contributed by atoms with Crippen molar-refractivity contribution in [3.63, 3.8) is 0 Å². The summed E-state index contributed by atoms with van der Waals surface area (Å²) >= 11 is 4.21. The Kier molecular flexibility index (Phi) is 13.0. The van der Waals surface area contributed by atoms with E-state index in [9.17, 15) is 23.1 Å². The molecule has 0 aliphatic heterocycles. The van der Waals surface area contributed by atoms with Crippen LogP contribution in [0.4, 0.5) is 0 Å². The molecule has 11 heteroatoms. The predicted octanol–water partition coefficient (Wildman–Crippen LogP) is 2.68. The van der Waals surface area contributed by atoms with Gasteiger partial charge in [-0.15, -0.1) is 0 Å². The average molecular weight is 568 g/mol. The molecule has 2 aromatic rings. The monoisotopic (exact) mass is 567 g/mol. The second kappa shape index (κ2) is 15.4. The van der Waals surface area contributed by atoms with Crippen molar-refractivity contribution in [3.05, 3.63) is 48.0 Å². The molecule has 0 bridgehead atoms. The number of carbonyl (C=O) groups is 2. The van der Waals surface area contributed by atoms with Gasteiger partial charge in [0.15, 0.2) is 6.04 Å². The largest absolute Gasteiger partial charge is 0.480 e. The van der Waals surface area contributed by atoms with Crippen molar-refractivity contribution in [1.29, 1.82) is 0 Å². The van der Waals surface area contributed by atoms with Crippen LogP contribution in [-0.4, -0.2) is 79.5 Å². The van der Waals surface area contributed by atoms with Crippen molar-refractivity contribution in [2.75, 3.05) is 30.9 Å². The van der Waals surface area contributed by atoms with Gasteiger partial charge in [0.2, 0.25) is 5.91 Å². The number of aliphatic carboxylic acids is 1. The van der Waals surface area contributed by atoms with E-state index in [4.69, 9.17) is 10.6 Å². The topological polar surface area (TPSA) is 139 Å². The van der Waals surface area contributed by atoms with Crippen LogP contribution in [0.2, 0.25) is 0 Å². The van der Waals surface area contributed by atoms with Crippen LogP contribution in [0.1, 0.15) is 38.7 Å². The predicted molar refractivity (Wildman–Crippen MR) is 154 cm³/mol. The van der Waals surface area contributed by atoms with Crippen molar-refractivity contribution >= 4 is 45.1 Å². The van der Waals surface area contributed by atoms with E-state index in [2.05, 4.69) is 17.9 Å². The molecule has 0 aliphatic rings. The number of rotatable bonds is 17. The summed E-state index contributed by atoms with van der Waals surface area (Å²) in [5.41, 5.74) is 6.92. The lowest BCUT2D eigenvalue weighted by molar-refractivity contribution is -0.210. The molecule has 9 nitrogen and oxygen atoms in total. The Balaban J connectivity index is 2.22. The van der Waals surface area contributed by atoms with Crippen molar-refractivity contribution in [2.45, 2.75) is 57.7 Å². The van der Waals surface area contributed by atoms with Crippen LogP contribution in [0.25, 0.3) is 10.8 Å². The number of hydrogen-bond donors (Lipinski definition) is 4. The second-order valence-electron chi connectivity index (χ2n) is 9.81. The van der Waals surface area contributed by atoms with Crippen molar-refractivity contribution in [2.24, 2.45) is 11.7 Å². The molecule has 0 saturated carbocycles. The van der Waals surface area contributed by atoms with Crippen LogP contribution < -0.4 is 11.1 Å². The number of sulfone groups is 1. The number of fused-ring (bicyclic) bond motifs is 1. The van der Waals surface area contributed by atoms with E-state index in [-0.39, 0.29) is 43.2 Å². The van der Waals surface area contributed by atoms with Gasteiger partial charge < -0.3 is 16.2 Å². The SMILES string of the molecule is CC[C@H](C)C(CON(C(=O)CCc1ccc2ccccc2c1)[C@@H](CCS(C)(=O)=O)C(=O)O)NCC(N)CS. The summed E-state index contributed by atoms with van der Waals surface area (Å²) in [6, 6.07) is 12.0. The molecule has 2 unspecified atom stereocenters. The number of thiol groups is 1. The highest BCUT2D eigenvalue weighted by atomic mass is 32.2. The van der Waals surface area contributed by atoms with Gasteiger partial charge in [0.25, 0.3) is 0 Å². The number of aryl methyl sites for hydroxylation is 1. The number of nitrogens with zero attached hydrogens (tertiary/aromatic N) is 1. The molecular formula is C27H41N3O6S2. The van der Waals surface area contributed by atoms with E-state index in [1.165, 1.54) is 0 Å². The first kappa shape index (κ1) is 32.0. The van der Waals surface area contributed by atoms with Crippen LogP contribution in [0.3, 0.4) is 0 Å². The number of carbonyl (C=O) groups excluding carboxylic acids is 1. The Hall–Kier alpha value is -2.18. The Morgan fingerprint density at radius 1 is 1.18 bits per heavy atom. The lowest BCUT2D eigenvalue weighted by Crippen LogP contribution is -2.50. The number of carboxylic acid groups (broad SMARTS) is 1. The highest BCUT2D eigenvalue weighted by Gasteiger charge is 2.33. The molecule has 1 amide bonds. The van der Waals surface area contributed by atoms with E-state index < -0.39 is 27.8 Å². The third-order valence-electron chi connectivity index (χ3n) is 6.62. The Labute approximate surface area is 231 Å². The van der Waals surface area contributed by atoms with Gasteiger partial charge in [-0.25, -0.2) is 18.3 Å². The summed E-state index contributed by atoms with van der Waals surface area (Å²) in [7, 11) is -3.45. The fourth-order valence-corrected chi connectivity index (χ4v) is 4.78. The number of hydroxylamine groups is 2. The number of amides is 1. The summed E-state index contributed by atoms with van der Waals surface area (Å²) in [4.78, 5) is 31.4. The molecule has 0 fully saturated rings. The smallest absolute Gasteiger partial charge is 0.329 e. The molecule has 0 aromatic heterocycles. The molecule has 0 aliphatic carbocycles. The lowest BCUT2D eigenvalue weighted by Gasteiger charge is -2.32. The van der Waals surface area contributed by atoms with Crippen LogP contribution in [-0.2, 0) is 30.7 Å². The van der Waals surface area contributed by atoms with Gasteiger partial charge >= 0.3 is 5.97 Å². The third-order valence-corrected chi connectivity index (χ3v) is 8.06. The molecule has 38 heavy (non-hydrogen) atoms. The van der Waals surface area contributed by atoms with Crippen LogP contribution in [0.5, 0.6) is 0 Å². The summed E-state index contributed by atoms with van der Waals surface area (Å²) < 4.78 is 23.6. The van der Waals surface area contributed by atoms with Crippen LogP contribution in [0.15, 0.2) is 42.5 Å². The number of nitrogens with two attached hydrogens (primary N) is 1. The molecule has 0 heterocycles. The number of carboxylic acids is 1. The zero-order valence-corrected chi connectivity index (χ0v) is 24.1. The van der Waals surface area contributed by atoms with Crippen molar-refractivity contribution in [1.82, 2.24) is 10.4 Å². The Morgan fingerprint density at radius 3 is 2.47 bits per heavy atom. The van der Waals surface area contributed by atoms with Crippen LogP contribution >= 0.6 is 12.6 Å². The first-order valence-electron chi connectivity index (χ1n) is 12.9. The van der Waals surface area contributed by atoms with E-state index >= 15 is 0 Å². The van der Waals surface area contributed by atoms with E-state index in [0.717, 1.165) is 34.1 Å². The fourth-order valence-electron chi connectivity index (χ4n) is 4.00. The minimum absolute atomic E-state index is 0.00689. The van der Waals surface area contributed by atoms with Gasteiger partial charge in [0.05, 0.1) is 12.4 Å². The molecule has 4 atom stereocenters. The van der Waals surface area contributed by atoms with Gasteiger partial charge in [-0.1, -0.05) is 62.7 Å². The summed E-state index contributed by atoms with van der Waals surface area (Å²) in [6.07, 6.45) is 1.97. The number of benzene rings is 2. The summed E-state index contributed by atoms with van der Waals surface area (Å²) in [6.45, 7) is 4.56. The van der Waals surface area contributed by atoms with Gasteiger partial charge in [0.1, 0.15) is 9.84 Å². The summed E-state index contributed by atoms with van der Waals surface area (Å²) in [5, 5.41) is 16.2. The van der Waals surface area contributed by atoms with Gasteiger partial charge in [-0.05, 0) is 35.1 Å². The van der Waals surface area contributed by atoms with Gasteiger partial charge in [-0.2, -0.15) is 12.6 Å². The van der Waals surface area contributed by atoms with E-state index in [1.54, 1.807) is 0 Å². The van der Waals surface area contributed by atoms with Crippen LogP contribution in [0, 0.1) is 5.92 Å². The first-order chi connectivity index (χ1) is 17.9. The minimum atomic E-state index is -3.45. The number of hydrogen-bond acceptors (Lipinski definition) is 8. The molecule has 2 aromatic carbocycles. The Morgan fingerprint density at radius 2 is 1.87 bits per heavy atom. The molecule has 4 N–H and O–H groups in total. The lowest BCUT2D eigenvalue weighted by atomic mass is 10.00. The van der Waals surface area contributed by atoms with E-state index in [0.29, 0.717) is 18.7 Å². The van der Waals surface area contributed by atoms with Crippen molar-refractivity contribution < 1.29 is 28.0 Å². The highest BCUT2D eigenvalue weighted by molar-refractivity contribution is 7.90. The van der Waals surface area contributed by atoms with Crippen molar-refractivity contribution in [3.8, 4) is 0 Å². The summed E-state index contributed by atoms with van der Waals surface area (Å²) in [5.74, 6) is -1.58. The highest BCUT2D eigenvalue weighted by Crippen LogP contribution is 2.19. The van der Waals surface area contributed by atoms with Gasteiger partial charge in [-0.3, -0.25) is 9.63 Å². The zero-order valence-electron chi connectivity index (χ0n) is 22.4. The normalized spacial score (nSPS) is 15.1. The standard InChI is InChI=1S/C27H41N3O6S2/c1-4-19(2)24(29-16-23(28)18-37)17-36-30(25(27(32)33)13-14-38(3,34)35)26(31)12-10-20-9-11-21-7-5-6-8-22(21)15-20/h5-9,11,15,19,23-25,29,37H,4,10,12-14,16-18,28H2,1-3H3,(H,32,33)/t19-,23?,24?,25-/m0/s1. The minimum Gasteiger partial charge on any atom is -0.480 e. The molecule has 212 valence electrons. The van der Waals surface area contributed by atoms with Gasteiger partial charge in [0, 0.05) is 37.1 Å². The first-order valence-corrected chi connectivity index (χ1v) is 15.6. The quantitative estimate of drug-likeness (QED) is 0.169.